The molecule has 0 aliphatic carbocycles. The van der Waals surface area contributed by atoms with Gasteiger partial charge >= 0.3 is 0 Å². The van der Waals surface area contributed by atoms with E-state index in [9.17, 15) is 8.42 Å². The normalized spacial score (nSPS) is 18.8. The van der Waals surface area contributed by atoms with Crippen LogP contribution in [0.2, 0.25) is 0 Å². The summed E-state index contributed by atoms with van der Waals surface area (Å²) in [5.74, 6) is 2.11. The number of hydrogen-bond acceptors (Lipinski definition) is 4. The highest BCUT2D eigenvalue weighted by molar-refractivity contribution is 14.0. The lowest BCUT2D eigenvalue weighted by atomic mass is 10.2. The van der Waals surface area contributed by atoms with Gasteiger partial charge in [-0.15, -0.1) is 24.0 Å². The van der Waals surface area contributed by atoms with Gasteiger partial charge in [-0.25, -0.2) is 8.42 Å². The van der Waals surface area contributed by atoms with E-state index in [1.807, 2.05) is 12.1 Å². The Morgan fingerprint density at radius 1 is 1.42 bits per heavy atom. The predicted octanol–water partition coefficient (Wildman–Crippen LogP) is 2.06. The maximum atomic E-state index is 11.8. The third-order valence-corrected chi connectivity index (χ3v) is 5.45. The summed E-state index contributed by atoms with van der Waals surface area (Å²) in [6.07, 6.45) is 5.50. The van der Waals surface area contributed by atoms with Gasteiger partial charge in [-0.3, -0.25) is 4.99 Å². The van der Waals surface area contributed by atoms with Crippen molar-refractivity contribution in [3.63, 3.8) is 0 Å². The summed E-state index contributed by atoms with van der Waals surface area (Å²) in [5, 5.41) is 6.60. The van der Waals surface area contributed by atoms with Crippen molar-refractivity contribution >= 4 is 40.0 Å². The molecule has 7 nitrogen and oxygen atoms in total. The Morgan fingerprint density at radius 3 is 2.81 bits per heavy atom. The van der Waals surface area contributed by atoms with Crippen LogP contribution in [-0.4, -0.2) is 57.2 Å². The van der Waals surface area contributed by atoms with E-state index in [0.29, 0.717) is 25.6 Å². The summed E-state index contributed by atoms with van der Waals surface area (Å²) in [6.45, 7) is 6.83. The Balaban J connectivity index is 0.00000338. The number of furan rings is 1. The number of nitrogens with one attached hydrogen (secondary N) is 2. The summed E-state index contributed by atoms with van der Waals surface area (Å²) in [6, 6.07) is 3.81. The van der Waals surface area contributed by atoms with Gasteiger partial charge < -0.3 is 15.1 Å². The molecule has 2 N–H and O–H groups in total. The fourth-order valence-electron chi connectivity index (χ4n) is 2.87. The molecule has 1 aliphatic heterocycles. The molecule has 1 aromatic rings. The van der Waals surface area contributed by atoms with Gasteiger partial charge in [0, 0.05) is 38.6 Å². The second kappa shape index (κ2) is 11.1. The van der Waals surface area contributed by atoms with Crippen molar-refractivity contribution in [2.45, 2.75) is 39.2 Å². The minimum Gasteiger partial charge on any atom is -0.469 e. The molecule has 0 saturated carbocycles. The number of sulfonamides is 1. The van der Waals surface area contributed by atoms with E-state index >= 15 is 0 Å². The molecule has 1 atom stereocenters. The number of nitrogens with zero attached hydrogens (tertiary/aromatic N) is 2. The Labute approximate surface area is 174 Å². The average molecular weight is 498 g/mol. The average Bonchev–Trinajstić information content (AvgIpc) is 3.19. The first-order valence-corrected chi connectivity index (χ1v) is 10.7. The Bertz CT molecular complexity index is 647. The van der Waals surface area contributed by atoms with E-state index in [1.54, 1.807) is 10.6 Å². The number of rotatable bonds is 8. The molecule has 2 rings (SSSR count). The van der Waals surface area contributed by atoms with Crippen molar-refractivity contribution in [2.24, 2.45) is 10.9 Å². The van der Waals surface area contributed by atoms with Gasteiger partial charge in [-0.1, -0.05) is 13.8 Å². The molecule has 0 unspecified atom stereocenters. The second-order valence-electron chi connectivity index (χ2n) is 6.89. The van der Waals surface area contributed by atoms with Crippen LogP contribution in [-0.2, 0) is 16.4 Å². The number of aliphatic imine (C=N–C) groups is 1. The molecule has 1 saturated heterocycles. The molecule has 0 aromatic carbocycles. The summed E-state index contributed by atoms with van der Waals surface area (Å²) in [4.78, 5) is 4.59. The maximum absolute atomic E-state index is 11.8. The van der Waals surface area contributed by atoms with Crippen LogP contribution >= 0.6 is 24.0 Å². The molecule has 2 heterocycles. The van der Waals surface area contributed by atoms with Crippen molar-refractivity contribution < 1.29 is 12.8 Å². The first-order valence-electron chi connectivity index (χ1n) is 8.87. The molecule has 1 aromatic heterocycles. The molecule has 0 radical (unpaired) electrons. The van der Waals surface area contributed by atoms with Gasteiger partial charge in [-0.05, 0) is 30.9 Å². The summed E-state index contributed by atoms with van der Waals surface area (Å²) < 4.78 is 30.6. The largest absolute Gasteiger partial charge is 0.469 e. The lowest BCUT2D eigenvalue weighted by Gasteiger charge is -2.23. The van der Waals surface area contributed by atoms with Crippen LogP contribution in [0.5, 0.6) is 0 Å². The van der Waals surface area contributed by atoms with Crippen LogP contribution in [0, 0.1) is 5.92 Å². The van der Waals surface area contributed by atoms with Crippen LogP contribution < -0.4 is 10.6 Å². The summed E-state index contributed by atoms with van der Waals surface area (Å²) in [7, 11) is -3.15. The van der Waals surface area contributed by atoms with E-state index in [1.165, 1.54) is 6.26 Å². The molecular formula is C17H31IN4O3S. The first kappa shape index (κ1) is 23.2. The quantitative estimate of drug-likeness (QED) is 0.326. The SMILES string of the molecule is CC(C)CN=C(NCCc1ccco1)NC[C@H]1CCCN1S(C)(=O)=O.I. The first-order chi connectivity index (χ1) is 11.9. The highest BCUT2D eigenvalue weighted by atomic mass is 127. The molecular weight excluding hydrogens is 467 g/mol. The van der Waals surface area contributed by atoms with Crippen LogP contribution in [0.15, 0.2) is 27.8 Å². The van der Waals surface area contributed by atoms with Crippen molar-refractivity contribution in [2.75, 3.05) is 32.4 Å². The fourth-order valence-corrected chi connectivity index (χ4v) is 4.05. The zero-order valence-electron chi connectivity index (χ0n) is 15.8. The topological polar surface area (TPSA) is 86.9 Å². The minimum absolute atomic E-state index is 0. The monoisotopic (exact) mass is 498 g/mol. The molecule has 0 amide bonds. The van der Waals surface area contributed by atoms with Crippen molar-refractivity contribution in [3.05, 3.63) is 24.2 Å². The van der Waals surface area contributed by atoms with Gasteiger partial charge in [0.2, 0.25) is 10.0 Å². The Hall–Kier alpha value is -0.810. The number of halogens is 1. The van der Waals surface area contributed by atoms with E-state index in [0.717, 1.165) is 37.5 Å². The minimum atomic E-state index is -3.15. The Kier molecular flexibility index (Phi) is 9.94. The lowest BCUT2D eigenvalue weighted by molar-refractivity contribution is 0.387. The molecule has 9 heteroatoms. The van der Waals surface area contributed by atoms with E-state index in [-0.39, 0.29) is 30.0 Å². The second-order valence-corrected chi connectivity index (χ2v) is 8.83. The molecule has 150 valence electrons. The zero-order chi connectivity index (χ0) is 18.3. The van der Waals surface area contributed by atoms with Crippen molar-refractivity contribution in [1.29, 1.82) is 0 Å². The van der Waals surface area contributed by atoms with E-state index in [2.05, 4.69) is 29.5 Å². The van der Waals surface area contributed by atoms with Crippen LogP contribution in [0.1, 0.15) is 32.4 Å². The third-order valence-electron chi connectivity index (χ3n) is 4.11. The molecule has 0 spiro atoms. The van der Waals surface area contributed by atoms with Crippen molar-refractivity contribution in [1.82, 2.24) is 14.9 Å². The smallest absolute Gasteiger partial charge is 0.211 e. The van der Waals surface area contributed by atoms with Gasteiger partial charge in [0.05, 0.1) is 12.5 Å². The van der Waals surface area contributed by atoms with Gasteiger partial charge in [0.25, 0.3) is 0 Å². The van der Waals surface area contributed by atoms with Crippen LogP contribution in [0.25, 0.3) is 0 Å². The van der Waals surface area contributed by atoms with E-state index < -0.39 is 10.0 Å². The fraction of sp³-hybridized carbons (Fsp3) is 0.706. The van der Waals surface area contributed by atoms with Gasteiger partial charge in [0.1, 0.15) is 5.76 Å². The molecule has 1 fully saturated rings. The number of guanidine groups is 1. The van der Waals surface area contributed by atoms with Crippen LogP contribution in [0.3, 0.4) is 0 Å². The highest BCUT2D eigenvalue weighted by Gasteiger charge is 2.31. The lowest BCUT2D eigenvalue weighted by Crippen LogP contribution is -2.46. The summed E-state index contributed by atoms with van der Waals surface area (Å²) >= 11 is 0. The standard InChI is InChI=1S/C17H30N4O3S.HI/c1-14(2)12-19-17(18-9-8-16-7-5-11-24-16)20-13-15-6-4-10-21(15)25(3,22)23;/h5,7,11,14-15H,4,6,8-10,12-13H2,1-3H3,(H2,18,19,20);1H/t15-;/m1./s1. The third kappa shape index (κ3) is 7.83. The van der Waals surface area contributed by atoms with Gasteiger partial charge in [0.15, 0.2) is 5.96 Å². The molecule has 1 aliphatic rings. The maximum Gasteiger partial charge on any atom is 0.211 e. The Morgan fingerprint density at radius 2 is 2.19 bits per heavy atom. The van der Waals surface area contributed by atoms with Crippen molar-refractivity contribution in [3.8, 4) is 0 Å². The number of hydrogen-bond donors (Lipinski definition) is 2. The van der Waals surface area contributed by atoms with E-state index in [4.69, 9.17) is 4.42 Å². The predicted molar refractivity (Wildman–Crippen MR) is 116 cm³/mol. The highest BCUT2D eigenvalue weighted by Crippen LogP contribution is 2.19. The van der Waals surface area contributed by atoms with Gasteiger partial charge in [-0.2, -0.15) is 4.31 Å². The molecule has 26 heavy (non-hydrogen) atoms. The molecule has 0 bridgehead atoms. The zero-order valence-corrected chi connectivity index (χ0v) is 18.9. The summed E-state index contributed by atoms with van der Waals surface area (Å²) in [5.41, 5.74) is 0. The van der Waals surface area contributed by atoms with Crippen LogP contribution in [0.4, 0.5) is 0 Å².